The van der Waals surface area contributed by atoms with Gasteiger partial charge in [0.15, 0.2) is 0 Å². The van der Waals surface area contributed by atoms with Crippen LogP contribution in [0.15, 0.2) is 53.6 Å². The second kappa shape index (κ2) is 4.31. The zero-order valence-corrected chi connectivity index (χ0v) is 10.9. The summed E-state index contributed by atoms with van der Waals surface area (Å²) in [6.07, 6.45) is -0.326. The van der Waals surface area contributed by atoms with E-state index in [1.165, 1.54) is 12.1 Å². The molecule has 104 valence electrons. The molecule has 21 heavy (non-hydrogen) atoms. The van der Waals surface area contributed by atoms with Gasteiger partial charge >= 0.3 is 0 Å². The fourth-order valence-corrected chi connectivity index (χ4v) is 2.61. The Morgan fingerprint density at radius 2 is 1.86 bits per heavy atom. The zero-order chi connectivity index (χ0) is 14.4. The molecule has 1 unspecified atom stereocenters. The highest BCUT2D eigenvalue weighted by atomic mass is 19.1. The van der Waals surface area contributed by atoms with E-state index >= 15 is 0 Å². The molecular weight excluding hydrogens is 271 g/mol. The fraction of sp³-hybridized carbons (Fsp3) is 0.0667. The van der Waals surface area contributed by atoms with Gasteiger partial charge < -0.3 is 5.32 Å². The summed E-state index contributed by atoms with van der Waals surface area (Å²) in [5.74, 6) is -0.247. The topological polar surface area (TPSA) is 56.7 Å². The maximum atomic E-state index is 13.1. The predicted octanol–water partition coefficient (Wildman–Crippen LogP) is 2.20. The average molecular weight is 282 g/mol. The minimum atomic E-state index is -0.326. The normalized spacial score (nSPS) is 19.3. The zero-order valence-electron chi connectivity index (χ0n) is 10.9. The van der Waals surface area contributed by atoms with Gasteiger partial charge in [0.25, 0.3) is 5.91 Å². The molecule has 4 rings (SSSR count). The average Bonchev–Trinajstić information content (AvgIpc) is 2.94. The minimum absolute atomic E-state index is 0.259. The van der Waals surface area contributed by atoms with Crippen molar-refractivity contribution < 1.29 is 9.18 Å². The van der Waals surface area contributed by atoms with Crippen molar-refractivity contribution in [1.29, 1.82) is 0 Å². The molecule has 0 saturated carbocycles. The lowest BCUT2D eigenvalue weighted by Crippen LogP contribution is -2.43. The first-order chi connectivity index (χ1) is 10.2. The molecule has 2 aromatic carbocycles. The first-order valence-corrected chi connectivity index (χ1v) is 6.52. The molecule has 6 heteroatoms. The van der Waals surface area contributed by atoms with Gasteiger partial charge in [-0.3, -0.25) is 15.1 Å². The van der Waals surface area contributed by atoms with Gasteiger partial charge in [0.05, 0.1) is 11.4 Å². The second-order valence-electron chi connectivity index (χ2n) is 4.86. The fourth-order valence-electron chi connectivity index (χ4n) is 2.61. The molecule has 0 aliphatic carbocycles. The summed E-state index contributed by atoms with van der Waals surface area (Å²) in [5, 5.41) is 6.91. The number of amides is 1. The Bertz CT molecular complexity index is 757. The summed E-state index contributed by atoms with van der Waals surface area (Å²) in [4.78, 5) is 13.9. The Kier molecular flexibility index (Phi) is 2.44. The van der Waals surface area contributed by atoms with Gasteiger partial charge in [0, 0.05) is 0 Å². The van der Waals surface area contributed by atoms with Crippen molar-refractivity contribution in [3.63, 3.8) is 0 Å². The maximum Gasteiger partial charge on any atom is 0.293 e. The van der Waals surface area contributed by atoms with Crippen LogP contribution in [0.5, 0.6) is 0 Å². The monoisotopic (exact) mass is 282 g/mol. The number of benzene rings is 2. The largest absolute Gasteiger partial charge is 0.317 e. The van der Waals surface area contributed by atoms with Crippen LogP contribution in [0.2, 0.25) is 0 Å². The van der Waals surface area contributed by atoms with Crippen molar-refractivity contribution in [1.82, 2.24) is 5.43 Å². The number of para-hydroxylation sites is 2. The number of nitrogens with one attached hydrogen (secondary N) is 2. The molecule has 2 aliphatic heterocycles. The van der Waals surface area contributed by atoms with Crippen LogP contribution in [0, 0.1) is 5.82 Å². The Morgan fingerprint density at radius 3 is 2.67 bits per heavy atom. The molecule has 0 saturated heterocycles. The third kappa shape index (κ3) is 1.76. The Labute approximate surface area is 120 Å². The molecule has 0 fully saturated rings. The van der Waals surface area contributed by atoms with E-state index in [0.717, 1.165) is 16.9 Å². The van der Waals surface area contributed by atoms with Gasteiger partial charge in [-0.25, -0.2) is 4.39 Å². The number of hydrogen-bond acceptors (Lipinski definition) is 4. The number of carbonyl (C=O) groups is 1. The quantitative estimate of drug-likeness (QED) is 0.843. The highest BCUT2D eigenvalue weighted by molar-refractivity contribution is 6.49. The van der Waals surface area contributed by atoms with E-state index in [9.17, 15) is 9.18 Å². The van der Waals surface area contributed by atoms with Crippen molar-refractivity contribution in [3.8, 4) is 0 Å². The van der Waals surface area contributed by atoms with Crippen LogP contribution >= 0.6 is 0 Å². The van der Waals surface area contributed by atoms with Crippen molar-refractivity contribution in [2.75, 3.05) is 10.2 Å². The molecule has 5 nitrogen and oxygen atoms in total. The number of hydrogen-bond donors (Lipinski definition) is 2. The van der Waals surface area contributed by atoms with E-state index in [1.54, 1.807) is 12.1 Å². The van der Waals surface area contributed by atoms with Crippen LogP contribution in [0.3, 0.4) is 0 Å². The summed E-state index contributed by atoms with van der Waals surface area (Å²) in [6.45, 7) is 0. The number of nitrogens with zero attached hydrogens (tertiary/aromatic N) is 2. The molecule has 1 atom stereocenters. The summed E-state index contributed by atoms with van der Waals surface area (Å²) in [7, 11) is 0. The molecule has 2 heterocycles. The van der Waals surface area contributed by atoms with Gasteiger partial charge in [0.1, 0.15) is 12.0 Å². The number of carbonyl (C=O) groups excluding carboxylic acids is 1. The van der Waals surface area contributed by atoms with E-state index in [-0.39, 0.29) is 17.9 Å². The van der Waals surface area contributed by atoms with Crippen molar-refractivity contribution in [2.45, 2.75) is 6.17 Å². The summed E-state index contributed by atoms with van der Waals surface area (Å²) < 4.78 is 13.1. The summed E-state index contributed by atoms with van der Waals surface area (Å²) >= 11 is 0. The predicted molar refractivity (Wildman–Crippen MR) is 77.3 cm³/mol. The van der Waals surface area contributed by atoms with E-state index in [2.05, 4.69) is 15.8 Å². The van der Waals surface area contributed by atoms with E-state index in [4.69, 9.17) is 0 Å². The maximum absolute atomic E-state index is 13.1. The molecule has 0 bridgehead atoms. The van der Waals surface area contributed by atoms with Gasteiger partial charge in [-0.1, -0.05) is 24.3 Å². The lowest BCUT2D eigenvalue weighted by molar-refractivity contribution is -0.110. The molecule has 1 amide bonds. The van der Waals surface area contributed by atoms with Crippen LogP contribution in [0.4, 0.5) is 15.8 Å². The standard InChI is InChI=1S/C15H11FN4O/c16-10-7-5-9(6-8-10)13-18-19-14-15(21)17-11-3-1-2-4-12(11)20(13)14/h1-8,13,18H,(H,17,21). The van der Waals surface area contributed by atoms with Crippen LogP contribution in [0.25, 0.3) is 0 Å². The van der Waals surface area contributed by atoms with Crippen molar-refractivity contribution in [3.05, 3.63) is 59.9 Å². The van der Waals surface area contributed by atoms with Crippen molar-refractivity contribution in [2.24, 2.45) is 5.10 Å². The Balaban J connectivity index is 1.81. The Morgan fingerprint density at radius 1 is 1.10 bits per heavy atom. The number of rotatable bonds is 1. The van der Waals surface area contributed by atoms with Crippen LogP contribution in [0.1, 0.15) is 11.7 Å². The number of amidine groups is 1. The summed E-state index contributed by atoms with van der Waals surface area (Å²) in [5.41, 5.74) is 5.36. The molecule has 0 aromatic heterocycles. The molecular formula is C15H11FN4O. The van der Waals surface area contributed by atoms with E-state index in [0.29, 0.717) is 5.84 Å². The van der Waals surface area contributed by atoms with Crippen LogP contribution < -0.4 is 15.6 Å². The smallest absolute Gasteiger partial charge is 0.293 e. The molecule has 2 N–H and O–H groups in total. The number of hydrazone groups is 1. The third-order valence-corrected chi connectivity index (χ3v) is 3.58. The molecule has 2 aromatic rings. The lowest BCUT2D eigenvalue weighted by Gasteiger charge is -2.32. The molecule has 0 radical (unpaired) electrons. The van der Waals surface area contributed by atoms with E-state index in [1.807, 2.05) is 29.2 Å². The van der Waals surface area contributed by atoms with Gasteiger partial charge in [0.2, 0.25) is 5.84 Å². The van der Waals surface area contributed by atoms with Crippen molar-refractivity contribution >= 4 is 23.1 Å². The Hall–Kier alpha value is -2.89. The highest BCUT2D eigenvalue weighted by Crippen LogP contribution is 2.37. The van der Waals surface area contributed by atoms with Gasteiger partial charge in [-0.05, 0) is 29.8 Å². The first-order valence-electron chi connectivity index (χ1n) is 6.52. The highest BCUT2D eigenvalue weighted by Gasteiger charge is 2.38. The SMILES string of the molecule is O=C1Nc2ccccc2N2C1=NNC2c1ccc(F)cc1. The number of halogens is 1. The first kappa shape index (κ1) is 11.9. The van der Waals surface area contributed by atoms with Gasteiger partial charge in [-0.2, -0.15) is 5.10 Å². The second-order valence-corrected chi connectivity index (χ2v) is 4.86. The molecule has 2 aliphatic rings. The lowest BCUT2D eigenvalue weighted by atomic mass is 10.1. The number of anilines is 2. The summed E-state index contributed by atoms with van der Waals surface area (Å²) in [6, 6.07) is 13.7. The third-order valence-electron chi connectivity index (χ3n) is 3.58. The van der Waals surface area contributed by atoms with Gasteiger partial charge in [-0.15, -0.1) is 0 Å². The molecule has 0 spiro atoms. The van der Waals surface area contributed by atoms with Crippen LogP contribution in [-0.4, -0.2) is 11.7 Å². The minimum Gasteiger partial charge on any atom is -0.317 e. The number of fused-ring (bicyclic) bond motifs is 3. The van der Waals surface area contributed by atoms with E-state index < -0.39 is 0 Å². The van der Waals surface area contributed by atoms with Crippen LogP contribution in [-0.2, 0) is 4.79 Å².